The summed E-state index contributed by atoms with van der Waals surface area (Å²) < 4.78 is 26.2. The van der Waals surface area contributed by atoms with Crippen molar-refractivity contribution in [2.75, 3.05) is 13.2 Å². The van der Waals surface area contributed by atoms with Crippen LogP contribution in [0.15, 0.2) is 24.3 Å². The summed E-state index contributed by atoms with van der Waals surface area (Å²) in [7, 11) is -4.75. The second-order valence-corrected chi connectivity index (χ2v) is 13.1. The SMILES string of the molecule is CCCCCCCC/C=C/C/C=C/CCCCC(=O)OC[C@H](COP(=O)(O)O)OC(=O)CCCCCCCCCCCCC. The quantitative estimate of drug-likeness (QED) is 0.0321. The van der Waals surface area contributed by atoms with Gasteiger partial charge in [-0.25, -0.2) is 4.57 Å². The van der Waals surface area contributed by atoms with Crippen LogP contribution in [0.3, 0.4) is 0 Å². The van der Waals surface area contributed by atoms with Crippen LogP contribution in [0, 0.1) is 0 Å². The molecular weight excluding hydrogens is 579 g/mol. The molecule has 0 saturated heterocycles. The molecule has 0 fully saturated rings. The maximum Gasteiger partial charge on any atom is 0.469 e. The van der Waals surface area contributed by atoms with Crippen LogP contribution in [0.4, 0.5) is 0 Å². The molecule has 1 atom stereocenters. The van der Waals surface area contributed by atoms with Crippen LogP contribution in [0.5, 0.6) is 0 Å². The predicted molar refractivity (Wildman–Crippen MR) is 179 cm³/mol. The van der Waals surface area contributed by atoms with Gasteiger partial charge in [-0.1, -0.05) is 134 Å². The lowest BCUT2D eigenvalue weighted by Crippen LogP contribution is -2.29. The number of ether oxygens (including phenoxy) is 2. The standard InChI is InChI=1S/C35H65O8P/c1-3-5-7-9-11-13-15-16-17-18-20-21-23-25-27-29-34(36)41-31-33(32-42-44(38,39)40)43-35(37)30-28-26-24-22-19-14-12-10-8-6-4-2/h16-17,20-21,33H,3-15,18-19,22-32H2,1-2H3,(H2,38,39,40)/b17-16+,21-20+/t33-/m1/s1. The van der Waals surface area contributed by atoms with Crippen LogP contribution >= 0.6 is 7.82 Å². The molecule has 0 rings (SSSR count). The second kappa shape index (κ2) is 31.5. The van der Waals surface area contributed by atoms with Gasteiger partial charge in [0, 0.05) is 12.8 Å². The first-order valence-corrected chi connectivity index (χ1v) is 19.2. The largest absolute Gasteiger partial charge is 0.469 e. The predicted octanol–water partition coefficient (Wildman–Crippen LogP) is 10.1. The van der Waals surface area contributed by atoms with Gasteiger partial charge < -0.3 is 19.3 Å². The van der Waals surface area contributed by atoms with Gasteiger partial charge in [-0.15, -0.1) is 0 Å². The zero-order valence-corrected chi connectivity index (χ0v) is 29.0. The number of esters is 2. The average Bonchev–Trinajstić information content (AvgIpc) is 2.98. The number of unbranched alkanes of at least 4 members (excludes halogenated alkanes) is 18. The minimum absolute atomic E-state index is 0.208. The highest BCUT2D eigenvalue weighted by molar-refractivity contribution is 7.46. The van der Waals surface area contributed by atoms with Crippen molar-refractivity contribution in [2.24, 2.45) is 0 Å². The van der Waals surface area contributed by atoms with Crippen molar-refractivity contribution in [1.29, 1.82) is 0 Å². The Morgan fingerprint density at radius 1 is 0.591 bits per heavy atom. The monoisotopic (exact) mass is 644 g/mol. The van der Waals surface area contributed by atoms with Crippen molar-refractivity contribution in [1.82, 2.24) is 0 Å². The summed E-state index contributed by atoms with van der Waals surface area (Å²) in [5, 5.41) is 0. The summed E-state index contributed by atoms with van der Waals surface area (Å²) in [6, 6.07) is 0. The molecule has 0 aliphatic rings. The number of hydrogen-bond acceptors (Lipinski definition) is 6. The van der Waals surface area contributed by atoms with Crippen LogP contribution in [0.25, 0.3) is 0 Å². The van der Waals surface area contributed by atoms with Crippen molar-refractivity contribution >= 4 is 19.8 Å². The number of phosphoric acid groups is 1. The number of rotatable bonds is 32. The average molecular weight is 645 g/mol. The first-order valence-electron chi connectivity index (χ1n) is 17.6. The van der Waals surface area contributed by atoms with Gasteiger partial charge in [0.1, 0.15) is 6.61 Å². The number of phosphoric ester groups is 1. The molecule has 0 radical (unpaired) electrons. The Balaban J connectivity index is 4.04. The van der Waals surface area contributed by atoms with E-state index in [2.05, 4.69) is 42.7 Å². The van der Waals surface area contributed by atoms with E-state index in [1.807, 2.05) is 0 Å². The molecule has 0 unspecified atom stereocenters. The fourth-order valence-electron chi connectivity index (χ4n) is 4.81. The van der Waals surface area contributed by atoms with Gasteiger partial charge >= 0.3 is 19.8 Å². The van der Waals surface area contributed by atoms with E-state index in [4.69, 9.17) is 19.3 Å². The molecule has 0 heterocycles. The lowest BCUT2D eigenvalue weighted by Gasteiger charge is -2.18. The van der Waals surface area contributed by atoms with Gasteiger partial charge in [0.15, 0.2) is 6.10 Å². The molecule has 2 N–H and O–H groups in total. The molecule has 0 aromatic rings. The first-order chi connectivity index (χ1) is 21.3. The van der Waals surface area contributed by atoms with Gasteiger partial charge in [0.05, 0.1) is 6.61 Å². The fourth-order valence-corrected chi connectivity index (χ4v) is 5.17. The van der Waals surface area contributed by atoms with Crippen molar-refractivity contribution in [3.63, 3.8) is 0 Å². The molecule has 0 saturated carbocycles. The Morgan fingerprint density at radius 3 is 1.55 bits per heavy atom. The normalized spacial score (nSPS) is 12.7. The maximum atomic E-state index is 12.3. The van der Waals surface area contributed by atoms with E-state index in [1.165, 1.54) is 83.5 Å². The van der Waals surface area contributed by atoms with Crippen LogP contribution in [-0.2, 0) is 28.2 Å². The number of carbonyl (C=O) groups excluding carboxylic acids is 2. The van der Waals surface area contributed by atoms with Crippen molar-refractivity contribution in [2.45, 2.75) is 174 Å². The molecule has 0 aromatic carbocycles. The highest BCUT2D eigenvalue weighted by atomic mass is 31.2. The molecule has 0 amide bonds. The molecule has 0 bridgehead atoms. The second-order valence-electron chi connectivity index (χ2n) is 11.8. The van der Waals surface area contributed by atoms with Crippen LogP contribution in [0.2, 0.25) is 0 Å². The van der Waals surface area contributed by atoms with Gasteiger partial charge in [-0.3, -0.25) is 14.1 Å². The van der Waals surface area contributed by atoms with E-state index in [0.717, 1.165) is 44.9 Å². The maximum absolute atomic E-state index is 12.3. The van der Waals surface area contributed by atoms with E-state index in [-0.39, 0.29) is 19.4 Å². The third-order valence-electron chi connectivity index (χ3n) is 7.47. The van der Waals surface area contributed by atoms with Gasteiger partial charge in [0.25, 0.3) is 0 Å². The smallest absolute Gasteiger partial charge is 0.462 e. The molecule has 0 aliphatic heterocycles. The minimum atomic E-state index is -4.75. The summed E-state index contributed by atoms with van der Waals surface area (Å²) in [6.07, 6.45) is 33.3. The zero-order valence-electron chi connectivity index (χ0n) is 28.1. The third kappa shape index (κ3) is 33.4. The lowest BCUT2D eigenvalue weighted by molar-refractivity contribution is -0.161. The highest BCUT2D eigenvalue weighted by Gasteiger charge is 2.22. The van der Waals surface area contributed by atoms with E-state index < -0.39 is 32.5 Å². The molecule has 0 aliphatic carbocycles. The molecule has 8 nitrogen and oxygen atoms in total. The summed E-state index contributed by atoms with van der Waals surface area (Å²) >= 11 is 0. The molecule has 9 heteroatoms. The Kier molecular flexibility index (Phi) is 30.5. The zero-order chi connectivity index (χ0) is 32.6. The molecule has 44 heavy (non-hydrogen) atoms. The number of hydrogen-bond donors (Lipinski definition) is 2. The van der Waals surface area contributed by atoms with Crippen LogP contribution < -0.4 is 0 Å². The molecular formula is C35H65O8P. The number of carbonyl (C=O) groups is 2. The van der Waals surface area contributed by atoms with Crippen molar-refractivity contribution in [3.8, 4) is 0 Å². The molecule has 0 spiro atoms. The van der Waals surface area contributed by atoms with Crippen molar-refractivity contribution < 1.29 is 37.9 Å². The number of allylic oxidation sites excluding steroid dienone is 4. The Morgan fingerprint density at radius 2 is 1.02 bits per heavy atom. The Hall–Kier alpha value is -1.47. The van der Waals surface area contributed by atoms with Gasteiger partial charge in [-0.05, 0) is 44.9 Å². The molecule has 0 aromatic heterocycles. The van der Waals surface area contributed by atoms with E-state index in [9.17, 15) is 14.2 Å². The van der Waals surface area contributed by atoms with E-state index in [0.29, 0.717) is 12.8 Å². The van der Waals surface area contributed by atoms with Crippen molar-refractivity contribution in [3.05, 3.63) is 24.3 Å². The lowest BCUT2D eigenvalue weighted by atomic mass is 10.1. The molecule has 258 valence electrons. The van der Waals surface area contributed by atoms with E-state index in [1.54, 1.807) is 0 Å². The summed E-state index contributed by atoms with van der Waals surface area (Å²) in [5.41, 5.74) is 0. The fraction of sp³-hybridized carbons (Fsp3) is 0.829. The topological polar surface area (TPSA) is 119 Å². The highest BCUT2D eigenvalue weighted by Crippen LogP contribution is 2.36. The first kappa shape index (κ1) is 42.5. The Bertz CT molecular complexity index is 777. The summed E-state index contributed by atoms with van der Waals surface area (Å²) in [6.45, 7) is 3.62. The minimum Gasteiger partial charge on any atom is -0.462 e. The van der Waals surface area contributed by atoms with Crippen LogP contribution in [0.1, 0.15) is 168 Å². The van der Waals surface area contributed by atoms with Crippen LogP contribution in [-0.4, -0.2) is 41.0 Å². The Labute approximate surface area is 269 Å². The van der Waals surface area contributed by atoms with E-state index >= 15 is 0 Å². The summed E-state index contributed by atoms with van der Waals surface area (Å²) in [4.78, 5) is 42.5. The van der Waals surface area contributed by atoms with Gasteiger partial charge in [0.2, 0.25) is 0 Å². The third-order valence-corrected chi connectivity index (χ3v) is 7.96. The summed E-state index contributed by atoms with van der Waals surface area (Å²) in [5.74, 6) is -0.922. The van der Waals surface area contributed by atoms with Gasteiger partial charge in [-0.2, -0.15) is 0 Å².